The molecule has 1 heterocycles. The highest BCUT2D eigenvalue weighted by Crippen LogP contribution is 2.28. The molecular weight excluding hydrogens is 234 g/mol. The summed E-state index contributed by atoms with van der Waals surface area (Å²) in [7, 11) is 0. The van der Waals surface area contributed by atoms with Crippen molar-refractivity contribution >= 4 is 27.3 Å². The Kier molecular flexibility index (Phi) is 3.32. The second kappa shape index (κ2) is 3.90. The van der Waals surface area contributed by atoms with Crippen molar-refractivity contribution in [2.75, 3.05) is 6.54 Å². The summed E-state index contributed by atoms with van der Waals surface area (Å²) < 4.78 is 1.20. The first-order valence-electron chi connectivity index (χ1n) is 3.98. The smallest absolute Gasteiger partial charge is 0.0701 e. The van der Waals surface area contributed by atoms with Crippen LogP contribution in [0.1, 0.15) is 18.7 Å². The van der Waals surface area contributed by atoms with Crippen LogP contribution in [0.15, 0.2) is 15.9 Å². The molecule has 0 atom stereocenters. The lowest BCUT2D eigenvalue weighted by Gasteiger charge is -2.20. The molecule has 1 aromatic rings. The fraction of sp³-hybridized carbons (Fsp3) is 0.556. The standard InChI is InChI=1S/C9H14BrNS/c1-9(2,6-11)5-7-3-4-8(10)12-7/h3-4H,5-6,11H2,1-2H3. The van der Waals surface area contributed by atoms with Gasteiger partial charge in [0.1, 0.15) is 0 Å². The van der Waals surface area contributed by atoms with E-state index in [1.165, 1.54) is 8.66 Å². The second-order valence-corrected chi connectivity index (χ2v) is 6.30. The fourth-order valence-corrected chi connectivity index (χ4v) is 2.73. The maximum Gasteiger partial charge on any atom is 0.0701 e. The maximum atomic E-state index is 5.65. The summed E-state index contributed by atoms with van der Waals surface area (Å²) in [6, 6.07) is 4.25. The lowest BCUT2D eigenvalue weighted by molar-refractivity contribution is 0.379. The van der Waals surface area contributed by atoms with Crippen molar-refractivity contribution in [1.29, 1.82) is 0 Å². The van der Waals surface area contributed by atoms with E-state index in [-0.39, 0.29) is 5.41 Å². The second-order valence-electron chi connectivity index (χ2n) is 3.75. The molecule has 0 aliphatic rings. The summed E-state index contributed by atoms with van der Waals surface area (Å²) in [5.74, 6) is 0. The van der Waals surface area contributed by atoms with Gasteiger partial charge < -0.3 is 5.73 Å². The Labute approximate surface area is 86.1 Å². The summed E-state index contributed by atoms with van der Waals surface area (Å²) in [5, 5.41) is 0. The van der Waals surface area contributed by atoms with Crippen LogP contribution in [0.4, 0.5) is 0 Å². The molecule has 0 saturated carbocycles. The van der Waals surface area contributed by atoms with Gasteiger partial charge in [0.2, 0.25) is 0 Å². The van der Waals surface area contributed by atoms with Crippen LogP contribution in [0.3, 0.4) is 0 Å². The molecular formula is C9H14BrNS. The van der Waals surface area contributed by atoms with Gasteiger partial charge in [0.25, 0.3) is 0 Å². The largest absolute Gasteiger partial charge is 0.330 e. The Hall–Kier alpha value is 0.140. The van der Waals surface area contributed by atoms with Crippen LogP contribution < -0.4 is 5.73 Å². The number of hydrogen-bond donors (Lipinski definition) is 1. The molecule has 0 unspecified atom stereocenters. The van der Waals surface area contributed by atoms with Crippen LogP contribution in [0.5, 0.6) is 0 Å². The van der Waals surface area contributed by atoms with Gasteiger partial charge in [0, 0.05) is 4.88 Å². The Morgan fingerprint density at radius 2 is 2.17 bits per heavy atom. The van der Waals surface area contributed by atoms with Crippen molar-refractivity contribution < 1.29 is 0 Å². The van der Waals surface area contributed by atoms with Gasteiger partial charge in [0.15, 0.2) is 0 Å². The number of halogens is 1. The highest BCUT2D eigenvalue weighted by Gasteiger charge is 2.16. The molecule has 0 bridgehead atoms. The lowest BCUT2D eigenvalue weighted by Crippen LogP contribution is -2.25. The molecule has 1 rings (SSSR count). The monoisotopic (exact) mass is 247 g/mol. The molecule has 12 heavy (non-hydrogen) atoms. The molecule has 1 aromatic heterocycles. The van der Waals surface area contributed by atoms with Crippen molar-refractivity contribution in [3.63, 3.8) is 0 Å². The van der Waals surface area contributed by atoms with Crippen molar-refractivity contribution in [1.82, 2.24) is 0 Å². The van der Waals surface area contributed by atoms with E-state index >= 15 is 0 Å². The topological polar surface area (TPSA) is 26.0 Å². The molecule has 68 valence electrons. The third-order valence-corrected chi connectivity index (χ3v) is 3.46. The Morgan fingerprint density at radius 1 is 1.50 bits per heavy atom. The third kappa shape index (κ3) is 2.88. The Morgan fingerprint density at radius 3 is 2.58 bits per heavy atom. The van der Waals surface area contributed by atoms with Crippen LogP contribution in [-0.4, -0.2) is 6.54 Å². The van der Waals surface area contributed by atoms with E-state index in [2.05, 4.69) is 41.9 Å². The minimum atomic E-state index is 0.226. The normalized spacial score (nSPS) is 12.0. The van der Waals surface area contributed by atoms with Gasteiger partial charge in [-0.3, -0.25) is 0 Å². The molecule has 0 aliphatic carbocycles. The summed E-state index contributed by atoms with van der Waals surface area (Å²) in [5.41, 5.74) is 5.88. The van der Waals surface area contributed by atoms with E-state index in [0.29, 0.717) is 0 Å². The Bertz CT molecular complexity index is 255. The molecule has 0 saturated heterocycles. The zero-order valence-electron chi connectivity index (χ0n) is 7.43. The zero-order valence-corrected chi connectivity index (χ0v) is 9.83. The molecule has 0 aromatic carbocycles. The predicted molar refractivity (Wildman–Crippen MR) is 58.6 cm³/mol. The van der Waals surface area contributed by atoms with E-state index in [9.17, 15) is 0 Å². The van der Waals surface area contributed by atoms with E-state index < -0.39 is 0 Å². The average molecular weight is 248 g/mol. The number of hydrogen-bond acceptors (Lipinski definition) is 2. The Balaban J connectivity index is 2.63. The van der Waals surface area contributed by atoms with E-state index in [4.69, 9.17) is 5.73 Å². The van der Waals surface area contributed by atoms with Gasteiger partial charge in [-0.2, -0.15) is 0 Å². The summed E-state index contributed by atoms with van der Waals surface area (Å²) in [6.07, 6.45) is 1.07. The predicted octanol–water partition coefficient (Wildman–Crippen LogP) is 3.04. The van der Waals surface area contributed by atoms with E-state index in [1.54, 1.807) is 11.3 Å². The summed E-state index contributed by atoms with van der Waals surface area (Å²) >= 11 is 5.24. The molecule has 0 amide bonds. The molecule has 1 nitrogen and oxygen atoms in total. The minimum Gasteiger partial charge on any atom is -0.330 e. The summed E-state index contributed by atoms with van der Waals surface area (Å²) in [6.45, 7) is 5.13. The van der Waals surface area contributed by atoms with Gasteiger partial charge >= 0.3 is 0 Å². The molecule has 3 heteroatoms. The minimum absolute atomic E-state index is 0.226. The third-order valence-electron chi connectivity index (χ3n) is 1.83. The first kappa shape index (κ1) is 10.2. The molecule has 0 fully saturated rings. The van der Waals surface area contributed by atoms with Crippen LogP contribution in [0.25, 0.3) is 0 Å². The quantitative estimate of drug-likeness (QED) is 0.874. The number of nitrogens with two attached hydrogens (primary N) is 1. The maximum absolute atomic E-state index is 5.65. The van der Waals surface area contributed by atoms with Crippen LogP contribution >= 0.6 is 27.3 Å². The van der Waals surface area contributed by atoms with Gasteiger partial charge in [-0.25, -0.2) is 0 Å². The molecule has 0 aliphatic heterocycles. The van der Waals surface area contributed by atoms with Crippen molar-refractivity contribution in [3.05, 3.63) is 20.8 Å². The molecule has 2 N–H and O–H groups in total. The number of thiophene rings is 1. The van der Waals surface area contributed by atoms with Crippen molar-refractivity contribution in [2.24, 2.45) is 11.1 Å². The highest BCUT2D eigenvalue weighted by molar-refractivity contribution is 9.11. The first-order valence-corrected chi connectivity index (χ1v) is 5.59. The van der Waals surface area contributed by atoms with E-state index in [1.807, 2.05) is 0 Å². The molecule has 0 spiro atoms. The van der Waals surface area contributed by atoms with Crippen LogP contribution in [0, 0.1) is 5.41 Å². The SMILES string of the molecule is CC(C)(CN)Cc1ccc(Br)s1. The van der Waals surface area contributed by atoms with Gasteiger partial charge in [0.05, 0.1) is 3.79 Å². The van der Waals surface area contributed by atoms with Gasteiger partial charge in [-0.1, -0.05) is 13.8 Å². The summed E-state index contributed by atoms with van der Waals surface area (Å²) in [4.78, 5) is 1.40. The molecule has 0 radical (unpaired) electrons. The van der Waals surface area contributed by atoms with Crippen LogP contribution in [-0.2, 0) is 6.42 Å². The van der Waals surface area contributed by atoms with Crippen LogP contribution in [0.2, 0.25) is 0 Å². The highest BCUT2D eigenvalue weighted by atomic mass is 79.9. The first-order chi connectivity index (χ1) is 5.53. The fourth-order valence-electron chi connectivity index (χ4n) is 0.991. The zero-order chi connectivity index (χ0) is 9.19. The number of rotatable bonds is 3. The van der Waals surface area contributed by atoms with Crippen molar-refractivity contribution in [3.8, 4) is 0 Å². The van der Waals surface area contributed by atoms with Gasteiger partial charge in [-0.05, 0) is 46.4 Å². The van der Waals surface area contributed by atoms with Gasteiger partial charge in [-0.15, -0.1) is 11.3 Å². The lowest BCUT2D eigenvalue weighted by atomic mass is 9.89. The average Bonchev–Trinajstić information content (AvgIpc) is 2.35. The van der Waals surface area contributed by atoms with E-state index in [0.717, 1.165) is 13.0 Å². The van der Waals surface area contributed by atoms with Crippen molar-refractivity contribution in [2.45, 2.75) is 20.3 Å².